The third-order valence-corrected chi connectivity index (χ3v) is 1.46. The van der Waals surface area contributed by atoms with E-state index >= 15 is 0 Å². The highest BCUT2D eigenvalue weighted by Gasteiger charge is 2.01. The molecule has 0 fully saturated rings. The molecule has 0 unspecified atom stereocenters. The van der Waals surface area contributed by atoms with Gasteiger partial charge in [-0.25, -0.2) is 0 Å². The number of carbonyl (C=O) groups excluding carboxylic acids is 1. The predicted octanol–water partition coefficient (Wildman–Crippen LogP) is 0.942. The maximum absolute atomic E-state index is 10.5. The fourth-order valence-electron chi connectivity index (χ4n) is 0.873. The van der Waals surface area contributed by atoms with E-state index in [0.717, 1.165) is 0 Å². The Balaban J connectivity index is 2.99. The van der Waals surface area contributed by atoms with Gasteiger partial charge in [0.15, 0.2) is 6.29 Å². The van der Waals surface area contributed by atoms with Crippen LogP contribution in [0.2, 0.25) is 0 Å². The summed E-state index contributed by atoms with van der Waals surface area (Å²) >= 11 is 0. The highest BCUT2D eigenvalue weighted by Crippen LogP contribution is 2.09. The first-order chi connectivity index (χ1) is 6.27. The molecule has 0 aromatic heterocycles. The van der Waals surface area contributed by atoms with Crippen molar-refractivity contribution in [2.45, 2.75) is 0 Å². The summed E-state index contributed by atoms with van der Waals surface area (Å²) in [6.07, 6.45) is 0.593. The average Bonchev–Trinajstić information content (AvgIpc) is 2.16. The summed E-state index contributed by atoms with van der Waals surface area (Å²) in [7, 11) is 1.36. The van der Waals surface area contributed by atoms with Crippen LogP contribution in [-0.4, -0.2) is 24.2 Å². The van der Waals surface area contributed by atoms with Gasteiger partial charge in [-0.2, -0.15) is 0 Å². The minimum Gasteiger partial charge on any atom is -0.508 e. The first-order valence-electron chi connectivity index (χ1n) is 3.63. The van der Waals surface area contributed by atoms with Crippen molar-refractivity contribution in [1.29, 1.82) is 0 Å². The lowest BCUT2D eigenvalue weighted by Gasteiger charge is -1.97. The topological polar surface area (TPSA) is 58.9 Å². The Labute approximate surface area is 75.4 Å². The van der Waals surface area contributed by atoms with Crippen LogP contribution >= 0.6 is 0 Å². The number of phenols is 1. The van der Waals surface area contributed by atoms with Crippen molar-refractivity contribution in [2.24, 2.45) is 5.16 Å². The molecule has 1 N–H and O–H groups in total. The van der Waals surface area contributed by atoms with Crippen LogP contribution in [0, 0.1) is 0 Å². The monoisotopic (exact) mass is 179 g/mol. The van der Waals surface area contributed by atoms with E-state index in [1.165, 1.54) is 19.2 Å². The number of phenolic OH excluding ortho intramolecular Hbond substituents is 1. The number of aldehydes is 1. The molecule has 1 aromatic rings. The summed E-state index contributed by atoms with van der Waals surface area (Å²) in [4.78, 5) is 15.0. The van der Waals surface area contributed by atoms with Gasteiger partial charge in [0.05, 0.1) is 0 Å². The highest BCUT2D eigenvalue weighted by atomic mass is 16.6. The lowest BCUT2D eigenvalue weighted by Crippen LogP contribution is -2.02. The van der Waals surface area contributed by atoms with E-state index in [4.69, 9.17) is 5.11 Å². The van der Waals surface area contributed by atoms with Gasteiger partial charge < -0.3 is 9.94 Å². The number of benzene rings is 1. The molecule has 1 aromatic carbocycles. The van der Waals surface area contributed by atoms with E-state index in [9.17, 15) is 4.79 Å². The van der Waals surface area contributed by atoms with Crippen LogP contribution in [0.15, 0.2) is 29.4 Å². The summed E-state index contributed by atoms with van der Waals surface area (Å²) in [5, 5.41) is 12.5. The van der Waals surface area contributed by atoms with Gasteiger partial charge in [-0.05, 0) is 24.3 Å². The molecule has 0 atom stereocenters. The van der Waals surface area contributed by atoms with Gasteiger partial charge in [-0.3, -0.25) is 4.79 Å². The van der Waals surface area contributed by atoms with Gasteiger partial charge in [0.25, 0.3) is 0 Å². The normalized spacial score (nSPS) is 11.0. The third-order valence-electron chi connectivity index (χ3n) is 1.46. The zero-order chi connectivity index (χ0) is 9.68. The van der Waals surface area contributed by atoms with E-state index in [0.29, 0.717) is 11.8 Å². The van der Waals surface area contributed by atoms with Crippen LogP contribution in [0.3, 0.4) is 0 Å². The standard InChI is InChI=1S/C9H9NO3/c1-13-10-9(6-11)7-2-4-8(12)5-3-7/h2-6,12H,1H3/b10-9+. The summed E-state index contributed by atoms with van der Waals surface area (Å²) < 4.78 is 0. The van der Waals surface area contributed by atoms with Gasteiger partial charge in [-0.1, -0.05) is 5.16 Å². The number of hydrogen-bond donors (Lipinski definition) is 1. The first-order valence-corrected chi connectivity index (χ1v) is 3.63. The van der Waals surface area contributed by atoms with Crippen molar-refractivity contribution in [3.63, 3.8) is 0 Å². The van der Waals surface area contributed by atoms with Gasteiger partial charge >= 0.3 is 0 Å². The van der Waals surface area contributed by atoms with E-state index in [1.54, 1.807) is 12.1 Å². The third kappa shape index (κ3) is 2.30. The molecule has 4 nitrogen and oxygen atoms in total. The molecule has 13 heavy (non-hydrogen) atoms. The number of aromatic hydroxyl groups is 1. The minimum atomic E-state index is 0.145. The molecule has 0 aliphatic heterocycles. The molecule has 0 saturated carbocycles. The number of rotatable bonds is 3. The molecular weight excluding hydrogens is 170 g/mol. The molecule has 0 saturated heterocycles. The Morgan fingerprint density at radius 2 is 2.08 bits per heavy atom. The molecule has 0 aliphatic carbocycles. The minimum absolute atomic E-state index is 0.145. The Morgan fingerprint density at radius 1 is 1.46 bits per heavy atom. The van der Waals surface area contributed by atoms with Crippen molar-refractivity contribution in [2.75, 3.05) is 7.11 Å². The second-order valence-corrected chi connectivity index (χ2v) is 2.32. The highest BCUT2D eigenvalue weighted by molar-refractivity contribution is 6.36. The zero-order valence-corrected chi connectivity index (χ0v) is 7.10. The largest absolute Gasteiger partial charge is 0.508 e. The quantitative estimate of drug-likeness (QED) is 0.426. The van der Waals surface area contributed by atoms with Crippen molar-refractivity contribution in [1.82, 2.24) is 0 Å². The molecule has 0 amide bonds. The van der Waals surface area contributed by atoms with Crippen molar-refractivity contribution in [3.05, 3.63) is 29.8 Å². The summed E-state index contributed by atoms with van der Waals surface area (Å²) in [6, 6.07) is 6.12. The SMILES string of the molecule is CO/N=C(\C=O)c1ccc(O)cc1. The summed E-state index contributed by atoms with van der Waals surface area (Å²) in [6.45, 7) is 0. The summed E-state index contributed by atoms with van der Waals surface area (Å²) in [5.41, 5.74) is 0.803. The van der Waals surface area contributed by atoms with E-state index in [-0.39, 0.29) is 11.5 Å². The molecule has 68 valence electrons. The lowest BCUT2D eigenvalue weighted by molar-refractivity contribution is -0.102. The number of nitrogens with zero attached hydrogens (tertiary/aromatic N) is 1. The number of carbonyl (C=O) groups is 1. The molecule has 0 bridgehead atoms. The van der Waals surface area contributed by atoms with Crippen molar-refractivity contribution in [3.8, 4) is 5.75 Å². The van der Waals surface area contributed by atoms with Crippen molar-refractivity contribution >= 4 is 12.0 Å². The second kappa shape index (κ2) is 4.25. The van der Waals surface area contributed by atoms with Crippen LogP contribution in [0.4, 0.5) is 0 Å². The van der Waals surface area contributed by atoms with Gasteiger partial charge in [-0.15, -0.1) is 0 Å². The van der Waals surface area contributed by atoms with E-state index in [2.05, 4.69) is 9.99 Å². The Bertz CT molecular complexity index is 316. The van der Waals surface area contributed by atoms with Gasteiger partial charge in [0.2, 0.25) is 0 Å². The molecule has 0 spiro atoms. The smallest absolute Gasteiger partial charge is 0.172 e. The molecule has 4 heteroatoms. The average molecular weight is 179 g/mol. The number of oxime groups is 1. The predicted molar refractivity (Wildman–Crippen MR) is 47.7 cm³/mol. The second-order valence-electron chi connectivity index (χ2n) is 2.32. The molecule has 1 rings (SSSR count). The van der Waals surface area contributed by atoms with Crippen LogP contribution in [0.1, 0.15) is 5.56 Å². The molecule has 0 heterocycles. The van der Waals surface area contributed by atoms with Crippen LogP contribution in [0.5, 0.6) is 5.75 Å². The summed E-state index contributed by atoms with van der Waals surface area (Å²) in [5.74, 6) is 0.145. The maximum Gasteiger partial charge on any atom is 0.172 e. The Morgan fingerprint density at radius 3 is 2.54 bits per heavy atom. The van der Waals surface area contributed by atoms with Crippen LogP contribution < -0.4 is 0 Å². The van der Waals surface area contributed by atoms with Gasteiger partial charge in [0.1, 0.15) is 18.6 Å². The molecule has 0 radical (unpaired) electrons. The molecular formula is C9H9NO3. The van der Waals surface area contributed by atoms with Gasteiger partial charge in [0, 0.05) is 5.56 Å². The molecule has 0 aliphatic rings. The number of hydrogen-bond acceptors (Lipinski definition) is 4. The van der Waals surface area contributed by atoms with Crippen LogP contribution in [0.25, 0.3) is 0 Å². The Kier molecular flexibility index (Phi) is 3.03. The van der Waals surface area contributed by atoms with Crippen LogP contribution in [-0.2, 0) is 9.63 Å². The fraction of sp³-hybridized carbons (Fsp3) is 0.111. The van der Waals surface area contributed by atoms with Crippen molar-refractivity contribution < 1.29 is 14.7 Å². The van der Waals surface area contributed by atoms with E-state index in [1.807, 2.05) is 0 Å². The van der Waals surface area contributed by atoms with E-state index < -0.39 is 0 Å². The lowest BCUT2D eigenvalue weighted by atomic mass is 10.1. The maximum atomic E-state index is 10.5. The zero-order valence-electron chi connectivity index (χ0n) is 7.10. The fourth-order valence-corrected chi connectivity index (χ4v) is 0.873. The first kappa shape index (κ1) is 9.25. The Hall–Kier alpha value is -1.84.